The zero-order valence-electron chi connectivity index (χ0n) is 14.7. The standard InChI is InChI=1S/C19H18N4O2S/c1-24-16-8-18(26-3)17(25-2)7-13(16)12-6-15(11-4-5-22-10-11)23-19(21)14(12)9-20/h4-8,10,22H,1-3H3,(H2,21,23). The summed E-state index contributed by atoms with van der Waals surface area (Å²) in [6, 6.07) is 9.65. The lowest BCUT2D eigenvalue weighted by atomic mass is 9.98. The highest BCUT2D eigenvalue weighted by Crippen LogP contribution is 2.42. The van der Waals surface area contributed by atoms with E-state index >= 15 is 0 Å². The van der Waals surface area contributed by atoms with Crippen molar-refractivity contribution in [1.29, 1.82) is 5.26 Å². The molecular weight excluding hydrogens is 348 g/mol. The van der Waals surface area contributed by atoms with Crippen molar-refractivity contribution in [2.24, 2.45) is 0 Å². The summed E-state index contributed by atoms with van der Waals surface area (Å²) < 4.78 is 11.1. The number of benzene rings is 1. The fourth-order valence-electron chi connectivity index (χ4n) is 2.77. The van der Waals surface area contributed by atoms with Gasteiger partial charge in [0.25, 0.3) is 0 Å². The maximum Gasteiger partial charge on any atom is 0.142 e. The van der Waals surface area contributed by atoms with E-state index in [0.717, 1.165) is 16.0 Å². The number of anilines is 1. The number of H-pyrrole nitrogens is 1. The predicted molar refractivity (Wildman–Crippen MR) is 103 cm³/mol. The molecule has 0 bridgehead atoms. The number of nitrogens with zero attached hydrogens (tertiary/aromatic N) is 2. The third-order valence-corrected chi connectivity index (χ3v) is 4.81. The van der Waals surface area contributed by atoms with Crippen LogP contribution in [0.25, 0.3) is 22.4 Å². The number of hydrogen-bond donors (Lipinski definition) is 2. The first-order chi connectivity index (χ1) is 12.6. The van der Waals surface area contributed by atoms with Gasteiger partial charge in [-0.3, -0.25) is 0 Å². The molecule has 0 atom stereocenters. The van der Waals surface area contributed by atoms with Crippen molar-refractivity contribution in [2.45, 2.75) is 4.90 Å². The fraction of sp³-hybridized carbons (Fsp3) is 0.158. The monoisotopic (exact) mass is 366 g/mol. The lowest BCUT2D eigenvalue weighted by Gasteiger charge is -2.16. The maximum absolute atomic E-state index is 9.62. The van der Waals surface area contributed by atoms with Gasteiger partial charge in [-0.1, -0.05) is 0 Å². The van der Waals surface area contributed by atoms with Gasteiger partial charge in [-0.15, -0.1) is 11.8 Å². The van der Waals surface area contributed by atoms with Gasteiger partial charge in [0.1, 0.15) is 28.9 Å². The molecule has 0 aliphatic carbocycles. The Bertz CT molecular complexity index is 978. The minimum Gasteiger partial charge on any atom is -0.496 e. The van der Waals surface area contributed by atoms with Gasteiger partial charge < -0.3 is 20.2 Å². The minimum atomic E-state index is 0.177. The molecular formula is C19H18N4O2S. The minimum absolute atomic E-state index is 0.177. The van der Waals surface area contributed by atoms with Gasteiger partial charge >= 0.3 is 0 Å². The van der Waals surface area contributed by atoms with E-state index in [1.807, 2.05) is 42.9 Å². The van der Waals surface area contributed by atoms with Crippen LogP contribution in [-0.4, -0.2) is 30.4 Å². The Balaban J connectivity index is 2.31. The molecule has 0 fully saturated rings. The van der Waals surface area contributed by atoms with E-state index in [9.17, 15) is 5.26 Å². The van der Waals surface area contributed by atoms with Gasteiger partial charge in [0, 0.05) is 29.1 Å². The highest BCUT2D eigenvalue weighted by Gasteiger charge is 2.19. The summed E-state index contributed by atoms with van der Waals surface area (Å²) in [6.45, 7) is 0. The normalized spacial score (nSPS) is 10.4. The largest absolute Gasteiger partial charge is 0.496 e. The van der Waals surface area contributed by atoms with E-state index in [-0.39, 0.29) is 5.82 Å². The maximum atomic E-state index is 9.62. The van der Waals surface area contributed by atoms with Crippen LogP contribution >= 0.6 is 11.8 Å². The molecule has 0 radical (unpaired) electrons. The first-order valence-electron chi connectivity index (χ1n) is 7.77. The molecule has 3 N–H and O–H groups in total. The van der Waals surface area contributed by atoms with E-state index < -0.39 is 0 Å². The molecule has 3 aromatic rings. The number of methoxy groups -OCH3 is 2. The summed E-state index contributed by atoms with van der Waals surface area (Å²) in [5.74, 6) is 1.52. The van der Waals surface area contributed by atoms with Gasteiger partial charge in [0.2, 0.25) is 0 Å². The van der Waals surface area contributed by atoms with E-state index in [0.29, 0.717) is 28.3 Å². The van der Waals surface area contributed by atoms with Crippen LogP contribution in [0.3, 0.4) is 0 Å². The Morgan fingerprint density at radius 1 is 1.15 bits per heavy atom. The van der Waals surface area contributed by atoms with Crippen LogP contribution in [0.5, 0.6) is 11.5 Å². The number of rotatable bonds is 5. The molecule has 0 saturated carbocycles. The smallest absolute Gasteiger partial charge is 0.142 e. The second-order valence-electron chi connectivity index (χ2n) is 5.43. The van der Waals surface area contributed by atoms with E-state index in [1.165, 1.54) is 0 Å². The molecule has 6 nitrogen and oxygen atoms in total. The first kappa shape index (κ1) is 17.7. The number of nitrogens with two attached hydrogens (primary N) is 1. The van der Waals surface area contributed by atoms with Crippen LogP contribution in [-0.2, 0) is 0 Å². The molecule has 132 valence electrons. The molecule has 1 aromatic carbocycles. The lowest BCUT2D eigenvalue weighted by molar-refractivity contribution is 0.395. The van der Waals surface area contributed by atoms with Crippen LogP contribution in [0.15, 0.2) is 41.6 Å². The third-order valence-electron chi connectivity index (χ3n) is 4.05. The average molecular weight is 366 g/mol. The summed E-state index contributed by atoms with van der Waals surface area (Å²) in [5, 5.41) is 9.62. The molecule has 0 aliphatic rings. The Morgan fingerprint density at radius 2 is 1.92 bits per heavy atom. The van der Waals surface area contributed by atoms with Crippen molar-refractivity contribution in [1.82, 2.24) is 9.97 Å². The second-order valence-corrected chi connectivity index (χ2v) is 6.28. The molecule has 0 spiro atoms. The van der Waals surface area contributed by atoms with Gasteiger partial charge in [0.15, 0.2) is 0 Å². The zero-order chi connectivity index (χ0) is 18.7. The van der Waals surface area contributed by atoms with Crippen molar-refractivity contribution in [3.63, 3.8) is 0 Å². The van der Waals surface area contributed by atoms with Gasteiger partial charge in [-0.25, -0.2) is 4.98 Å². The number of nitriles is 1. The summed E-state index contributed by atoms with van der Waals surface area (Å²) in [7, 11) is 3.21. The average Bonchev–Trinajstić information content (AvgIpc) is 3.21. The van der Waals surface area contributed by atoms with Crippen LogP contribution in [0, 0.1) is 11.3 Å². The number of pyridine rings is 1. The highest BCUT2D eigenvalue weighted by atomic mass is 32.2. The molecule has 2 heterocycles. The number of ether oxygens (including phenoxy) is 2. The van der Waals surface area contributed by atoms with Gasteiger partial charge in [-0.2, -0.15) is 5.26 Å². The lowest BCUT2D eigenvalue weighted by Crippen LogP contribution is -2.01. The Hall–Kier alpha value is -3.11. The zero-order valence-corrected chi connectivity index (χ0v) is 15.5. The predicted octanol–water partition coefficient (Wildman–Crippen LogP) is 3.94. The first-order valence-corrected chi connectivity index (χ1v) is 8.99. The number of hydrogen-bond acceptors (Lipinski definition) is 6. The van der Waals surface area contributed by atoms with E-state index in [2.05, 4.69) is 16.0 Å². The van der Waals surface area contributed by atoms with Crippen LogP contribution in [0.4, 0.5) is 5.82 Å². The number of nitrogen functional groups attached to an aromatic ring is 1. The number of aromatic nitrogens is 2. The molecule has 0 saturated heterocycles. The van der Waals surface area contributed by atoms with Crippen LogP contribution < -0.4 is 15.2 Å². The Morgan fingerprint density at radius 3 is 2.50 bits per heavy atom. The SMILES string of the molecule is COc1cc(-c2cc(-c3cc[nH]c3)nc(N)c2C#N)c(OC)cc1SC. The second kappa shape index (κ2) is 7.42. The van der Waals surface area contributed by atoms with Crippen molar-refractivity contribution in [3.05, 3.63) is 42.2 Å². The molecule has 2 aromatic heterocycles. The summed E-state index contributed by atoms with van der Waals surface area (Å²) >= 11 is 1.56. The van der Waals surface area contributed by atoms with Crippen molar-refractivity contribution >= 4 is 17.6 Å². The van der Waals surface area contributed by atoms with Crippen LogP contribution in [0.1, 0.15) is 5.56 Å². The number of aromatic amines is 1. The van der Waals surface area contributed by atoms with Gasteiger partial charge in [0.05, 0.1) is 24.8 Å². The Labute approximate surface area is 156 Å². The molecule has 0 unspecified atom stereocenters. The molecule has 7 heteroatoms. The molecule has 26 heavy (non-hydrogen) atoms. The van der Waals surface area contributed by atoms with Crippen molar-refractivity contribution < 1.29 is 9.47 Å². The van der Waals surface area contributed by atoms with E-state index in [4.69, 9.17) is 15.2 Å². The van der Waals surface area contributed by atoms with Crippen LogP contribution in [0.2, 0.25) is 0 Å². The third kappa shape index (κ3) is 3.07. The molecule has 0 amide bonds. The summed E-state index contributed by atoms with van der Waals surface area (Å²) in [4.78, 5) is 8.31. The molecule has 3 rings (SSSR count). The fourth-order valence-corrected chi connectivity index (χ4v) is 3.33. The van der Waals surface area contributed by atoms with Crippen molar-refractivity contribution in [2.75, 3.05) is 26.2 Å². The Kier molecular flexibility index (Phi) is 5.05. The topological polar surface area (TPSA) is 97.0 Å². The molecule has 0 aliphatic heterocycles. The number of thioether (sulfide) groups is 1. The van der Waals surface area contributed by atoms with Gasteiger partial charge in [-0.05, 0) is 30.5 Å². The van der Waals surface area contributed by atoms with E-state index in [1.54, 1.807) is 26.0 Å². The number of nitrogens with one attached hydrogen (secondary N) is 1. The highest BCUT2D eigenvalue weighted by molar-refractivity contribution is 7.98. The summed E-state index contributed by atoms with van der Waals surface area (Å²) in [6.07, 6.45) is 5.60. The summed E-state index contributed by atoms with van der Waals surface area (Å²) in [5.41, 5.74) is 9.32. The van der Waals surface area contributed by atoms with Crippen molar-refractivity contribution in [3.8, 4) is 40.0 Å². The quantitative estimate of drug-likeness (QED) is 0.664.